The van der Waals surface area contributed by atoms with E-state index in [0.29, 0.717) is 34.9 Å². The zero-order valence-electron chi connectivity index (χ0n) is 17.4. The van der Waals surface area contributed by atoms with Gasteiger partial charge in [-0.25, -0.2) is 0 Å². The number of hydrogen-bond donors (Lipinski definition) is 2. The van der Waals surface area contributed by atoms with Gasteiger partial charge in [-0.15, -0.1) is 0 Å². The lowest BCUT2D eigenvalue weighted by Crippen LogP contribution is -2.58. The van der Waals surface area contributed by atoms with Gasteiger partial charge in [0.2, 0.25) is 6.41 Å². The molecular formula is C23H24Cl2N2O5. The smallest absolute Gasteiger partial charge is 0.306 e. The maximum absolute atomic E-state index is 13.5. The van der Waals surface area contributed by atoms with E-state index in [9.17, 15) is 19.5 Å². The highest BCUT2D eigenvalue weighted by Crippen LogP contribution is 2.44. The van der Waals surface area contributed by atoms with Crippen molar-refractivity contribution in [2.45, 2.75) is 50.6 Å². The van der Waals surface area contributed by atoms with Crippen LogP contribution in [-0.2, 0) is 19.1 Å². The van der Waals surface area contributed by atoms with Crippen LogP contribution >= 0.6 is 23.2 Å². The van der Waals surface area contributed by atoms with E-state index in [1.807, 2.05) is 13.0 Å². The van der Waals surface area contributed by atoms with Gasteiger partial charge in [0, 0.05) is 10.0 Å². The largest absolute Gasteiger partial charge is 0.481 e. The zero-order valence-corrected chi connectivity index (χ0v) is 18.9. The number of halogens is 2. The second-order valence-corrected chi connectivity index (χ2v) is 8.40. The Kier molecular flexibility index (Phi) is 8.12. The highest BCUT2D eigenvalue weighted by Gasteiger charge is 2.47. The van der Waals surface area contributed by atoms with Crippen LogP contribution in [0.2, 0.25) is 10.0 Å². The van der Waals surface area contributed by atoms with Crippen molar-refractivity contribution in [3.8, 4) is 0 Å². The zero-order chi connectivity index (χ0) is 23.3. The Balaban J connectivity index is 2.18. The average Bonchev–Trinajstić information content (AvgIpc) is 2.75. The monoisotopic (exact) mass is 478 g/mol. The molecule has 2 N–H and O–H groups in total. The molecule has 32 heavy (non-hydrogen) atoms. The molecule has 0 aliphatic carbocycles. The number of benzene rings is 2. The third-order valence-electron chi connectivity index (χ3n) is 5.33. The van der Waals surface area contributed by atoms with Gasteiger partial charge < -0.3 is 20.1 Å². The molecule has 2 aromatic carbocycles. The molecule has 7 nitrogen and oxygen atoms in total. The number of morpholine rings is 1. The number of carbonyl (C=O) groups is 3. The summed E-state index contributed by atoms with van der Waals surface area (Å²) in [4.78, 5) is 37.9. The summed E-state index contributed by atoms with van der Waals surface area (Å²) in [5, 5.41) is 13.1. The van der Waals surface area contributed by atoms with Crippen molar-refractivity contribution >= 4 is 41.5 Å². The van der Waals surface area contributed by atoms with E-state index < -0.39 is 42.7 Å². The highest BCUT2D eigenvalue weighted by atomic mass is 35.5. The predicted molar refractivity (Wildman–Crippen MR) is 120 cm³/mol. The Morgan fingerprint density at radius 2 is 1.91 bits per heavy atom. The molecule has 1 heterocycles. The van der Waals surface area contributed by atoms with Gasteiger partial charge in [0.25, 0.3) is 5.91 Å². The van der Waals surface area contributed by atoms with Crippen LogP contribution in [0.5, 0.6) is 0 Å². The SMILES string of the molecule is CCC[C@H](NC=O)N1C(=O)[C@H](CC(=O)O)O[C@@H](c2cccc(Cl)c2)[C@H]1c1ccc(Cl)cc1. The van der Waals surface area contributed by atoms with E-state index >= 15 is 0 Å². The van der Waals surface area contributed by atoms with Gasteiger partial charge in [-0.2, -0.15) is 0 Å². The minimum Gasteiger partial charge on any atom is -0.481 e. The normalized spacial score (nSPS) is 21.8. The van der Waals surface area contributed by atoms with Crippen molar-refractivity contribution in [3.05, 3.63) is 69.7 Å². The highest BCUT2D eigenvalue weighted by molar-refractivity contribution is 6.30. The molecule has 1 aliphatic heterocycles. The molecule has 2 aromatic rings. The van der Waals surface area contributed by atoms with Crippen LogP contribution in [0.15, 0.2) is 48.5 Å². The lowest BCUT2D eigenvalue weighted by atomic mass is 9.90. The summed E-state index contributed by atoms with van der Waals surface area (Å²) in [5.41, 5.74) is 1.42. The van der Waals surface area contributed by atoms with Gasteiger partial charge in [0.1, 0.15) is 18.4 Å². The fourth-order valence-corrected chi connectivity index (χ4v) is 4.32. The van der Waals surface area contributed by atoms with E-state index in [-0.39, 0.29) is 0 Å². The molecule has 1 fully saturated rings. The number of carboxylic acids is 1. The minimum absolute atomic E-state index is 0.482. The van der Waals surface area contributed by atoms with Crippen LogP contribution < -0.4 is 5.32 Å². The molecule has 4 atom stereocenters. The van der Waals surface area contributed by atoms with Crippen LogP contribution in [0.1, 0.15) is 49.5 Å². The van der Waals surface area contributed by atoms with Gasteiger partial charge in [-0.05, 0) is 41.8 Å². The number of carboxylic acid groups (broad SMARTS) is 1. The first-order valence-electron chi connectivity index (χ1n) is 10.3. The number of hydrogen-bond acceptors (Lipinski definition) is 4. The number of nitrogens with one attached hydrogen (secondary N) is 1. The molecule has 3 rings (SSSR count). The lowest BCUT2D eigenvalue weighted by molar-refractivity contribution is -0.185. The number of amides is 2. The molecule has 0 unspecified atom stereocenters. The predicted octanol–water partition coefficient (Wildman–Crippen LogP) is 4.35. The van der Waals surface area contributed by atoms with Crippen molar-refractivity contribution in [3.63, 3.8) is 0 Å². The Morgan fingerprint density at radius 1 is 1.19 bits per heavy atom. The molecule has 0 spiro atoms. The first kappa shape index (κ1) is 24.0. The van der Waals surface area contributed by atoms with E-state index in [2.05, 4.69) is 5.32 Å². The van der Waals surface area contributed by atoms with Crippen LogP contribution in [0.3, 0.4) is 0 Å². The van der Waals surface area contributed by atoms with Crippen LogP contribution in [-0.4, -0.2) is 40.6 Å². The summed E-state index contributed by atoms with van der Waals surface area (Å²) < 4.78 is 6.10. The summed E-state index contributed by atoms with van der Waals surface area (Å²) in [6.45, 7) is 1.94. The Hall–Kier alpha value is -2.61. The molecule has 2 amide bonds. The van der Waals surface area contributed by atoms with E-state index in [0.717, 1.165) is 5.56 Å². The van der Waals surface area contributed by atoms with E-state index in [4.69, 9.17) is 27.9 Å². The second kappa shape index (κ2) is 10.8. The van der Waals surface area contributed by atoms with Crippen LogP contribution in [0.4, 0.5) is 0 Å². The first-order chi connectivity index (χ1) is 15.3. The second-order valence-electron chi connectivity index (χ2n) is 7.53. The molecule has 9 heteroatoms. The molecule has 1 saturated heterocycles. The van der Waals surface area contributed by atoms with Gasteiger partial charge in [0.15, 0.2) is 0 Å². The molecule has 0 aromatic heterocycles. The summed E-state index contributed by atoms with van der Waals surface area (Å²) in [7, 11) is 0. The Bertz CT molecular complexity index is 969. The topological polar surface area (TPSA) is 95.9 Å². The van der Waals surface area contributed by atoms with Crippen molar-refractivity contribution in [1.82, 2.24) is 10.2 Å². The van der Waals surface area contributed by atoms with E-state index in [1.54, 1.807) is 42.5 Å². The number of ether oxygens (including phenoxy) is 1. The van der Waals surface area contributed by atoms with Crippen LogP contribution in [0, 0.1) is 0 Å². The average molecular weight is 479 g/mol. The maximum Gasteiger partial charge on any atom is 0.306 e. The summed E-state index contributed by atoms with van der Waals surface area (Å²) >= 11 is 12.3. The molecule has 0 radical (unpaired) electrons. The Labute approximate surface area is 196 Å². The molecule has 0 saturated carbocycles. The molecule has 0 bridgehead atoms. The number of nitrogens with zero attached hydrogens (tertiary/aromatic N) is 1. The molecule has 170 valence electrons. The number of carbonyl (C=O) groups excluding carboxylic acids is 2. The standard InChI is InChI=1S/C23H24Cl2N2O5/c1-2-4-19(26-13-28)27-21(14-7-9-16(24)10-8-14)22(15-5-3-6-17(25)11-15)32-18(23(27)31)12-20(29)30/h3,5-11,13,18-19,21-22H,2,4,12H2,1H3,(H,26,28)(H,29,30)/t18-,19+,21+,22-/m0/s1. The quantitative estimate of drug-likeness (QED) is 0.522. The fourth-order valence-electron chi connectivity index (χ4n) is 3.99. The van der Waals surface area contributed by atoms with Gasteiger partial charge >= 0.3 is 5.97 Å². The lowest BCUT2D eigenvalue weighted by Gasteiger charge is -2.47. The van der Waals surface area contributed by atoms with E-state index in [1.165, 1.54) is 4.90 Å². The van der Waals surface area contributed by atoms with Crippen LogP contribution in [0.25, 0.3) is 0 Å². The van der Waals surface area contributed by atoms with Gasteiger partial charge in [-0.1, -0.05) is 60.8 Å². The van der Waals surface area contributed by atoms with Crippen molar-refractivity contribution in [1.29, 1.82) is 0 Å². The summed E-state index contributed by atoms with van der Waals surface area (Å²) in [5.74, 6) is -1.66. The van der Waals surface area contributed by atoms with Gasteiger partial charge in [-0.3, -0.25) is 14.4 Å². The Morgan fingerprint density at radius 3 is 2.50 bits per heavy atom. The third-order valence-corrected chi connectivity index (χ3v) is 5.82. The fraction of sp³-hybridized carbons (Fsp3) is 0.348. The number of aliphatic carboxylic acids is 1. The summed E-state index contributed by atoms with van der Waals surface area (Å²) in [6, 6.07) is 13.4. The van der Waals surface area contributed by atoms with Crippen molar-refractivity contribution in [2.75, 3.05) is 0 Å². The summed E-state index contributed by atoms with van der Waals surface area (Å²) in [6.07, 6.45) is -1.36. The van der Waals surface area contributed by atoms with Crippen molar-refractivity contribution in [2.24, 2.45) is 0 Å². The van der Waals surface area contributed by atoms with Crippen molar-refractivity contribution < 1.29 is 24.2 Å². The maximum atomic E-state index is 13.5. The third kappa shape index (κ3) is 5.41. The molecule has 1 aliphatic rings. The minimum atomic E-state index is -1.21. The number of rotatable bonds is 9. The first-order valence-corrected chi connectivity index (χ1v) is 11.0. The van der Waals surface area contributed by atoms with Gasteiger partial charge in [0.05, 0.1) is 12.5 Å². The molecular weight excluding hydrogens is 455 g/mol.